The SMILES string of the molecule is Cc1cc(C=Nn2c(=O)[nH]c3ccccc3c2=O)ccc1N1CCCC1. The first-order chi connectivity index (χ1) is 12.6. The summed E-state index contributed by atoms with van der Waals surface area (Å²) < 4.78 is 0.867. The van der Waals surface area contributed by atoms with E-state index in [1.165, 1.54) is 18.5 Å². The minimum atomic E-state index is -0.546. The molecule has 0 radical (unpaired) electrons. The number of rotatable bonds is 3. The van der Waals surface area contributed by atoms with E-state index in [1.807, 2.05) is 12.1 Å². The minimum absolute atomic E-state index is 0.425. The monoisotopic (exact) mass is 348 g/mol. The number of para-hydroxylation sites is 1. The van der Waals surface area contributed by atoms with Gasteiger partial charge in [0.2, 0.25) is 0 Å². The van der Waals surface area contributed by atoms with Gasteiger partial charge >= 0.3 is 5.69 Å². The fraction of sp³-hybridized carbons (Fsp3) is 0.250. The molecule has 1 fully saturated rings. The number of aromatic amines is 1. The van der Waals surface area contributed by atoms with E-state index in [0.29, 0.717) is 10.9 Å². The zero-order valence-electron chi connectivity index (χ0n) is 14.6. The van der Waals surface area contributed by atoms with Crippen molar-refractivity contribution in [3.05, 3.63) is 74.4 Å². The topological polar surface area (TPSA) is 70.5 Å². The van der Waals surface area contributed by atoms with E-state index in [-0.39, 0.29) is 0 Å². The molecule has 1 saturated heterocycles. The van der Waals surface area contributed by atoms with Crippen LogP contribution in [0.15, 0.2) is 57.2 Å². The predicted molar refractivity (Wildman–Crippen MR) is 104 cm³/mol. The summed E-state index contributed by atoms with van der Waals surface area (Å²) >= 11 is 0. The van der Waals surface area contributed by atoms with Crippen molar-refractivity contribution in [3.63, 3.8) is 0 Å². The maximum absolute atomic E-state index is 12.5. The van der Waals surface area contributed by atoms with Crippen molar-refractivity contribution >= 4 is 22.8 Å². The highest BCUT2D eigenvalue weighted by atomic mass is 16.2. The molecule has 0 amide bonds. The van der Waals surface area contributed by atoms with Crippen LogP contribution in [-0.2, 0) is 0 Å². The van der Waals surface area contributed by atoms with Gasteiger partial charge in [-0.05, 0) is 55.2 Å². The molecule has 1 aliphatic rings. The molecule has 0 atom stereocenters. The van der Waals surface area contributed by atoms with E-state index in [9.17, 15) is 9.59 Å². The third-order valence-electron chi connectivity index (χ3n) is 4.77. The number of H-pyrrole nitrogens is 1. The molecule has 0 aliphatic carbocycles. The number of aryl methyl sites for hydroxylation is 1. The Bertz CT molecular complexity index is 1100. The first-order valence-corrected chi connectivity index (χ1v) is 8.77. The van der Waals surface area contributed by atoms with Gasteiger partial charge in [0.05, 0.1) is 17.1 Å². The Labute approximate surface area is 150 Å². The van der Waals surface area contributed by atoms with Crippen molar-refractivity contribution in [1.82, 2.24) is 9.66 Å². The molecular formula is C20H20N4O2. The van der Waals surface area contributed by atoms with Crippen LogP contribution in [0.25, 0.3) is 10.9 Å². The highest BCUT2D eigenvalue weighted by molar-refractivity contribution is 5.81. The molecule has 4 rings (SSSR count). The summed E-state index contributed by atoms with van der Waals surface area (Å²) in [6.07, 6.45) is 4.01. The number of hydrogen-bond acceptors (Lipinski definition) is 4. The molecule has 26 heavy (non-hydrogen) atoms. The molecule has 6 nitrogen and oxygen atoms in total. The van der Waals surface area contributed by atoms with Gasteiger partial charge < -0.3 is 9.88 Å². The zero-order chi connectivity index (χ0) is 18.1. The van der Waals surface area contributed by atoms with Gasteiger partial charge in [0.15, 0.2) is 0 Å². The van der Waals surface area contributed by atoms with Crippen molar-refractivity contribution in [2.75, 3.05) is 18.0 Å². The number of aromatic nitrogens is 2. The predicted octanol–water partition coefficient (Wildman–Crippen LogP) is 2.48. The summed E-state index contributed by atoms with van der Waals surface area (Å²) in [5, 5.41) is 4.55. The standard InChI is InChI=1S/C20H20N4O2/c1-14-12-15(8-9-18(14)23-10-4-5-11-23)13-21-24-19(25)16-6-2-3-7-17(16)22-20(24)26/h2-3,6-9,12-13H,4-5,10-11H2,1H3,(H,22,26). The molecule has 1 aliphatic heterocycles. The van der Waals surface area contributed by atoms with Gasteiger partial charge in [0, 0.05) is 18.8 Å². The number of anilines is 1. The second kappa shape index (κ2) is 6.63. The average molecular weight is 348 g/mol. The fourth-order valence-electron chi connectivity index (χ4n) is 3.45. The first kappa shape index (κ1) is 16.3. The highest BCUT2D eigenvalue weighted by Gasteiger charge is 2.14. The molecule has 1 aromatic heterocycles. The maximum atomic E-state index is 12.5. The number of nitrogens with one attached hydrogen (secondary N) is 1. The summed E-state index contributed by atoms with van der Waals surface area (Å²) in [4.78, 5) is 29.7. The van der Waals surface area contributed by atoms with E-state index in [0.717, 1.165) is 28.9 Å². The fourth-order valence-corrected chi connectivity index (χ4v) is 3.45. The number of nitrogens with zero attached hydrogens (tertiary/aromatic N) is 3. The Hall–Kier alpha value is -3.15. The Morgan fingerprint density at radius 3 is 2.62 bits per heavy atom. The quantitative estimate of drug-likeness (QED) is 0.739. The van der Waals surface area contributed by atoms with Crippen LogP contribution in [0.3, 0.4) is 0 Å². The van der Waals surface area contributed by atoms with Crippen molar-refractivity contribution < 1.29 is 0 Å². The van der Waals surface area contributed by atoms with Crippen LogP contribution in [-0.4, -0.2) is 29.0 Å². The summed E-state index contributed by atoms with van der Waals surface area (Å²) in [7, 11) is 0. The average Bonchev–Trinajstić information content (AvgIpc) is 3.16. The first-order valence-electron chi connectivity index (χ1n) is 8.77. The lowest BCUT2D eigenvalue weighted by Crippen LogP contribution is -2.32. The summed E-state index contributed by atoms with van der Waals surface area (Å²) in [6.45, 7) is 4.26. The maximum Gasteiger partial charge on any atom is 0.349 e. The lowest BCUT2D eigenvalue weighted by molar-refractivity contribution is 0.771. The molecule has 0 unspecified atom stereocenters. The van der Waals surface area contributed by atoms with Crippen molar-refractivity contribution in [2.24, 2.45) is 5.10 Å². The van der Waals surface area contributed by atoms with Crippen LogP contribution in [0.2, 0.25) is 0 Å². The van der Waals surface area contributed by atoms with E-state index in [1.54, 1.807) is 30.5 Å². The highest BCUT2D eigenvalue weighted by Crippen LogP contribution is 2.24. The molecule has 2 heterocycles. The van der Waals surface area contributed by atoms with Crippen molar-refractivity contribution in [1.29, 1.82) is 0 Å². The van der Waals surface area contributed by atoms with Crippen LogP contribution in [0.4, 0.5) is 5.69 Å². The zero-order valence-corrected chi connectivity index (χ0v) is 14.6. The normalized spacial score (nSPS) is 14.6. The molecule has 132 valence electrons. The van der Waals surface area contributed by atoms with Gasteiger partial charge in [-0.15, -0.1) is 4.68 Å². The third kappa shape index (κ3) is 2.94. The third-order valence-corrected chi connectivity index (χ3v) is 4.77. The van der Waals surface area contributed by atoms with Crippen LogP contribution in [0.5, 0.6) is 0 Å². The van der Waals surface area contributed by atoms with Gasteiger partial charge in [-0.1, -0.05) is 18.2 Å². The Balaban J connectivity index is 1.68. The molecule has 0 spiro atoms. The minimum Gasteiger partial charge on any atom is -0.371 e. The largest absolute Gasteiger partial charge is 0.371 e. The smallest absolute Gasteiger partial charge is 0.349 e. The molecule has 0 bridgehead atoms. The van der Waals surface area contributed by atoms with Crippen molar-refractivity contribution in [3.8, 4) is 0 Å². The summed E-state index contributed by atoms with van der Waals surface area (Å²) in [5.74, 6) is 0. The van der Waals surface area contributed by atoms with Gasteiger partial charge in [-0.25, -0.2) is 4.79 Å². The van der Waals surface area contributed by atoms with Gasteiger partial charge in [-0.2, -0.15) is 5.10 Å². The van der Waals surface area contributed by atoms with Crippen LogP contribution in [0, 0.1) is 6.92 Å². The molecular weight excluding hydrogens is 328 g/mol. The van der Waals surface area contributed by atoms with E-state index < -0.39 is 11.2 Å². The van der Waals surface area contributed by atoms with Crippen molar-refractivity contribution in [2.45, 2.75) is 19.8 Å². The van der Waals surface area contributed by atoms with Crippen LogP contribution < -0.4 is 16.1 Å². The van der Waals surface area contributed by atoms with Crippen LogP contribution in [0.1, 0.15) is 24.0 Å². The molecule has 2 aromatic carbocycles. The van der Waals surface area contributed by atoms with E-state index in [2.05, 4.69) is 28.0 Å². The number of hydrogen-bond donors (Lipinski definition) is 1. The number of fused-ring (bicyclic) bond motifs is 1. The lowest BCUT2D eigenvalue weighted by atomic mass is 10.1. The second-order valence-corrected chi connectivity index (χ2v) is 6.58. The number of benzene rings is 2. The molecule has 1 N–H and O–H groups in total. The Kier molecular flexibility index (Phi) is 4.16. The lowest BCUT2D eigenvalue weighted by Gasteiger charge is -2.20. The summed E-state index contributed by atoms with van der Waals surface area (Å²) in [5.41, 5.74) is 2.79. The molecule has 3 aromatic rings. The van der Waals surface area contributed by atoms with Crippen LogP contribution >= 0.6 is 0 Å². The second-order valence-electron chi connectivity index (χ2n) is 6.58. The van der Waals surface area contributed by atoms with Gasteiger partial charge in [0.25, 0.3) is 5.56 Å². The van der Waals surface area contributed by atoms with Gasteiger partial charge in [-0.3, -0.25) is 4.79 Å². The van der Waals surface area contributed by atoms with E-state index >= 15 is 0 Å². The summed E-state index contributed by atoms with van der Waals surface area (Å²) in [6, 6.07) is 13.0. The molecule has 0 saturated carbocycles. The van der Waals surface area contributed by atoms with Gasteiger partial charge in [0.1, 0.15) is 0 Å². The van der Waals surface area contributed by atoms with E-state index in [4.69, 9.17) is 0 Å². The Morgan fingerprint density at radius 2 is 1.85 bits per heavy atom. The Morgan fingerprint density at radius 1 is 1.08 bits per heavy atom. The molecule has 6 heteroatoms.